The van der Waals surface area contributed by atoms with Gasteiger partial charge in [-0.15, -0.1) is 0 Å². The van der Waals surface area contributed by atoms with Gasteiger partial charge in [0.05, 0.1) is 27.1 Å². The van der Waals surface area contributed by atoms with Crippen LogP contribution in [0.4, 0.5) is 5.69 Å². The van der Waals surface area contributed by atoms with E-state index in [4.69, 9.17) is 27.9 Å². The smallest absolute Gasteiger partial charge is 0.275 e. The molecular formula is C13H8BrCl2NO4. The van der Waals surface area contributed by atoms with Crippen molar-refractivity contribution < 1.29 is 14.8 Å². The third-order valence-corrected chi connectivity index (χ3v) is 4.11. The molecule has 1 N–H and O–H groups in total. The maximum absolute atomic E-state index is 10.8. The van der Waals surface area contributed by atoms with Crippen molar-refractivity contribution >= 4 is 44.8 Å². The van der Waals surface area contributed by atoms with Gasteiger partial charge in [-0.1, -0.05) is 23.2 Å². The minimum absolute atomic E-state index is 0.150. The van der Waals surface area contributed by atoms with Crippen LogP contribution in [0.15, 0.2) is 34.8 Å². The summed E-state index contributed by atoms with van der Waals surface area (Å²) >= 11 is 15.2. The Morgan fingerprint density at radius 2 is 1.95 bits per heavy atom. The number of nitrogens with zero attached hydrogens (tertiary/aromatic N) is 1. The van der Waals surface area contributed by atoms with Gasteiger partial charge in [0.1, 0.15) is 11.5 Å². The molecule has 0 aliphatic heterocycles. The molecule has 2 aromatic carbocycles. The van der Waals surface area contributed by atoms with E-state index < -0.39 is 11.5 Å². The first kappa shape index (κ1) is 16.0. The third-order valence-electron chi connectivity index (χ3n) is 2.62. The second-order valence-electron chi connectivity index (χ2n) is 4.00. The summed E-state index contributed by atoms with van der Waals surface area (Å²) in [6.07, 6.45) is 0. The van der Waals surface area contributed by atoms with Gasteiger partial charge in [-0.3, -0.25) is 10.1 Å². The highest BCUT2D eigenvalue weighted by atomic mass is 79.9. The van der Waals surface area contributed by atoms with Gasteiger partial charge in [-0.05, 0) is 34.1 Å². The van der Waals surface area contributed by atoms with Crippen molar-refractivity contribution in [2.45, 2.75) is 6.61 Å². The second kappa shape index (κ2) is 6.62. The molecule has 0 saturated heterocycles. The summed E-state index contributed by atoms with van der Waals surface area (Å²) in [7, 11) is 0. The quantitative estimate of drug-likeness (QED) is 0.454. The average Bonchev–Trinajstić information content (AvgIpc) is 2.44. The molecule has 2 rings (SSSR count). The van der Waals surface area contributed by atoms with E-state index in [-0.39, 0.29) is 11.3 Å². The van der Waals surface area contributed by atoms with Crippen molar-refractivity contribution in [2.75, 3.05) is 0 Å². The molecule has 0 aliphatic carbocycles. The molecule has 110 valence electrons. The van der Waals surface area contributed by atoms with E-state index in [1.807, 2.05) is 0 Å². The summed E-state index contributed by atoms with van der Waals surface area (Å²) in [4.78, 5) is 10.2. The Labute approximate surface area is 138 Å². The van der Waals surface area contributed by atoms with E-state index in [0.29, 0.717) is 26.0 Å². The Morgan fingerprint density at radius 1 is 1.24 bits per heavy atom. The van der Waals surface area contributed by atoms with Crippen LogP contribution in [0.2, 0.25) is 10.0 Å². The normalized spacial score (nSPS) is 10.5. The van der Waals surface area contributed by atoms with Crippen molar-refractivity contribution in [3.8, 4) is 11.5 Å². The van der Waals surface area contributed by atoms with Gasteiger partial charge in [0.15, 0.2) is 0 Å². The van der Waals surface area contributed by atoms with E-state index in [1.165, 1.54) is 24.3 Å². The lowest BCUT2D eigenvalue weighted by molar-refractivity contribution is -0.385. The Morgan fingerprint density at radius 3 is 2.57 bits per heavy atom. The van der Waals surface area contributed by atoms with Crippen molar-refractivity contribution in [3.05, 3.63) is 60.5 Å². The molecule has 0 fully saturated rings. The maximum atomic E-state index is 10.8. The fourth-order valence-electron chi connectivity index (χ4n) is 1.64. The molecule has 0 aromatic heterocycles. The van der Waals surface area contributed by atoms with Crippen LogP contribution < -0.4 is 4.74 Å². The van der Waals surface area contributed by atoms with Gasteiger partial charge in [0, 0.05) is 16.6 Å². The summed E-state index contributed by atoms with van der Waals surface area (Å²) in [5.74, 6) is 0.618. The first-order valence-corrected chi connectivity index (χ1v) is 7.18. The van der Waals surface area contributed by atoms with Crippen molar-refractivity contribution in [3.63, 3.8) is 0 Å². The van der Waals surface area contributed by atoms with Crippen LogP contribution in [0.25, 0.3) is 0 Å². The molecule has 21 heavy (non-hydrogen) atoms. The van der Waals surface area contributed by atoms with Crippen molar-refractivity contribution in [1.29, 1.82) is 0 Å². The van der Waals surface area contributed by atoms with Crippen LogP contribution in [-0.4, -0.2) is 10.0 Å². The topological polar surface area (TPSA) is 72.6 Å². The van der Waals surface area contributed by atoms with E-state index in [1.54, 1.807) is 6.07 Å². The molecule has 0 bridgehead atoms. The highest BCUT2D eigenvalue weighted by molar-refractivity contribution is 9.10. The van der Waals surface area contributed by atoms with Crippen molar-refractivity contribution in [2.24, 2.45) is 0 Å². The van der Waals surface area contributed by atoms with E-state index in [0.717, 1.165) is 0 Å². The molecule has 0 heterocycles. The fraction of sp³-hybridized carbons (Fsp3) is 0.0769. The SMILES string of the molecule is O=[N+]([O-])c1ccc(Oc2cc(Cl)c(Br)cc2Cl)cc1CO. The standard InChI is InChI=1S/C13H8BrCl2NO4/c14-9-4-11(16)13(5-10(9)15)21-8-1-2-12(17(19)20)7(3-8)6-18/h1-5,18H,6H2. The van der Waals surface area contributed by atoms with Gasteiger partial charge in [0.25, 0.3) is 5.69 Å². The number of ether oxygens (including phenoxy) is 1. The van der Waals surface area contributed by atoms with Crippen LogP contribution in [0.3, 0.4) is 0 Å². The van der Waals surface area contributed by atoms with Crippen LogP contribution >= 0.6 is 39.1 Å². The number of nitro benzene ring substituents is 1. The Hall–Kier alpha value is -1.34. The third kappa shape index (κ3) is 3.65. The minimum Gasteiger partial charge on any atom is -0.456 e. The molecule has 0 unspecified atom stereocenters. The Bertz CT molecular complexity index is 709. The Balaban J connectivity index is 2.36. The van der Waals surface area contributed by atoms with Crippen molar-refractivity contribution in [1.82, 2.24) is 0 Å². The van der Waals surface area contributed by atoms with Gasteiger partial charge >= 0.3 is 0 Å². The number of hydrogen-bond donors (Lipinski definition) is 1. The molecule has 8 heteroatoms. The monoisotopic (exact) mass is 391 g/mol. The highest BCUT2D eigenvalue weighted by Crippen LogP contribution is 2.37. The lowest BCUT2D eigenvalue weighted by atomic mass is 10.2. The van der Waals surface area contributed by atoms with Crippen LogP contribution in [-0.2, 0) is 6.61 Å². The van der Waals surface area contributed by atoms with Crippen LogP contribution in [0.1, 0.15) is 5.56 Å². The summed E-state index contributed by atoms with van der Waals surface area (Å²) in [6, 6.07) is 7.16. The highest BCUT2D eigenvalue weighted by Gasteiger charge is 2.15. The zero-order chi connectivity index (χ0) is 15.6. The number of nitro groups is 1. The second-order valence-corrected chi connectivity index (χ2v) is 5.67. The van der Waals surface area contributed by atoms with Crippen LogP contribution in [0, 0.1) is 10.1 Å². The average molecular weight is 393 g/mol. The van der Waals surface area contributed by atoms with Gasteiger partial charge in [-0.2, -0.15) is 0 Å². The number of rotatable bonds is 4. The summed E-state index contributed by atoms with van der Waals surface area (Å²) < 4.78 is 6.18. The molecule has 0 amide bonds. The lowest BCUT2D eigenvalue weighted by Gasteiger charge is -2.10. The lowest BCUT2D eigenvalue weighted by Crippen LogP contribution is -1.96. The molecule has 0 aliphatic rings. The largest absolute Gasteiger partial charge is 0.456 e. The Kier molecular flexibility index (Phi) is 5.05. The first-order valence-electron chi connectivity index (χ1n) is 5.63. The van der Waals surface area contributed by atoms with E-state index in [2.05, 4.69) is 15.9 Å². The van der Waals surface area contributed by atoms with Gasteiger partial charge in [0.2, 0.25) is 0 Å². The molecule has 0 atom stereocenters. The number of hydrogen-bond acceptors (Lipinski definition) is 4. The first-order chi connectivity index (χ1) is 9.92. The number of aliphatic hydroxyl groups excluding tert-OH is 1. The molecule has 0 saturated carbocycles. The molecule has 2 aromatic rings. The predicted molar refractivity (Wildman–Crippen MR) is 83.3 cm³/mol. The van der Waals surface area contributed by atoms with Gasteiger partial charge < -0.3 is 9.84 Å². The predicted octanol–water partition coefficient (Wildman–Crippen LogP) is 4.95. The van der Waals surface area contributed by atoms with Gasteiger partial charge in [-0.25, -0.2) is 0 Å². The summed E-state index contributed by atoms with van der Waals surface area (Å²) in [6.45, 7) is -0.470. The zero-order valence-electron chi connectivity index (χ0n) is 10.3. The molecule has 5 nitrogen and oxygen atoms in total. The molecular weight excluding hydrogens is 385 g/mol. The zero-order valence-corrected chi connectivity index (χ0v) is 13.4. The van der Waals surface area contributed by atoms with E-state index >= 15 is 0 Å². The number of aliphatic hydroxyl groups is 1. The summed E-state index contributed by atoms with van der Waals surface area (Å²) in [5, 5.41) is 20.7. The number of halogens is 3. The van der Waals surface area contributed by atoms with E-state index in [9.17, 15) is 15.2 Å². The number of benzene rings is 2. The van der Waals surface area contributed by atoms with Crippen LogP contribution in [0.5, 0.6) is 11.5 Å². The maximum Gasteiger partial charge on any atom is 0.275 e. The fourth-order valence-corrected chi connectivity index (χ4v) is 2.47. The summed E-state index contributed by atoms with van der Waals surface area (Å²) in [5.41, 5.74) is -0.0263. The molecule has 0 spiro atoms. The molecule has 0 radical (unpaired) electrons. The minimum atomic E-state index is -0.571.